The van der Waals surface area contributed by atoms with Crippen LogP contribution >= 0.6 is 54.8 Å². The van der Waals surface area contributed by atoms with Crippen LogP contribution in [0.4, 0.5) is 0 Å². The van der Waals surface area contributed by atoms with Crippen LogP contribution in [-0.4, -0.2) is 19.8 Å². The van der Waals surface area contributed by atoms with E-state index in [1.54, 1.807) is 0 Å². The number of thiophene rings is 1. The third-order valence-electron chi connectivity index (χ3n) is 2.63. The molecule has 0 bridgehead atoms. The number of nitrogens with one attached hydrogen (secondary N) is 1. The van der Waals surface area contributed by atoms with Crippen molar-refractivity contribution >= 4 is 64.8 Å². The summed E-state index contributed by atoms with van der Waals surface area (Å²) in [4.78, 5) is 0. The molecule has 0 aliphatic carbocycles. The SMILES string of the molecule is CC(C)(C)C(CCBr)NS(=O)(=O)c1cc(Cl)c(Br)s1. The van der Waals surface area contributed by atoms with Gasteiger partial charge in [0.05, 0.1) is 8.81 Å². The molecule has 1 N–H and O–H groups in total. The molecule has 0 saturated heterocycles. The Hall–Kier alpha value is 0.860. The van der Waals surface area contributed by atoms with Gasteiger partial charge in [-0.05, 0) is 33.8 Å². The predicted molar refractivity (Wildman–Crippen MR) is 89.0 cm³/mol. The molecule has 0 fully saturated rings. The Kier molecular flexibility index (Phi) is 6.36. The lowest BCUT2D eigenvalue weighted by Crippen LogP contribution is -2.43. The van der Waals surface area contributed by atoms with Gasteiger partial charge in [0.1, 0.15) is 4.21 Å². The minimum absolute atomic E-state index is 0.142. The molecule has 1 atom stereocenters. The molecule has 19 heavy (non-hydrogen) atoms. The van der Waals surface area contributed by atoms with Crippen LogP contribution in [0, 0.1) is 5.41 Å². The molecule has 0 saturated carbocycles. The summed E-state index contributed by atoms with van der Waals surface area (Å²) in [5, 5.41) is 1.16. The van der Waals surface area contributed by atoms with Crippen LogP contribution in [0.5, 0.6) is 0 Å². The van der Waals surface area contributed by atoms with E-state index in [1.165, 1.54) is 6.07 Å². The fraction of sp³-hybridized carbons (Fsp3) is 0.636. The van der Waals surface area contributed by atoms with Gasteiger partial charge in [0.2, 0.25) is 10.0 Å². The highest BCUT2D eigenvalue weighted by Gasteiger charge is 2.30. The third-order valence-corrected chi connectivity index (χ3v) is 7.51. The van der Waals surface area contributed by atoms with E-state index in [4.69, 9.17) is 11.6 Å². The molecule has 0 aliphatic heterocycles. The quantitative estimate of drug-likeness (QED) is 0.660. The summed E-state index contributed by atoms with van der Waals surface area (Å²) in [6.07, 6.45) is 0.725. The number of sulfonamides is 1. The standard InChI is InChI=1S/C11H16Br2ClNO2S2/c1-11(2,3)8(4-5-12)15-19(16,17)9-6-7(14)10(13)18-9/h6,8,15H,4-5H2,1-3H3. The minimum Gasteiger partial charge on any atom is -0.207 e. The number of hydrogen-bond donors (Lipinski definition) is 1. The molecule has 3 nitrogen and oxygen atoms in total. The van der Waals surface area contributed by atoms with Gasteiger partial charge >= 0.3 is 0 Å². The molecule has 1 aromatic rings. The molecule has 110 valence electrons. The predicted octanol–water partition coefficient (Wildman–Crippen LogP) is 4.64. The van der Waals surface area contributed by atoms with E-state index in [0.29, 0.717) is 8.81 Å². The van der Waals surface area contributed by atoms with E-state index in [-0.39, 0.29) is 15.7 Å². The molecule has 1 heterocycles. The van der Waals surface area contributed by atoms with Crippen LogP contribution < -0.4 is 4.72 Å². The lowest BCUT2D eigenvalue weighted by molar-refractivity contribution is 0.293. The smallest absolute Gasteiger partial charge is 0.207 e. The highest BCUT2D eigenvalue weighted by atomic mass is 79.9. The first kappa shape index (κ1) is 17.9. The third kappa shape index (κ3) is 4.97. The Bertz CT molecular complexity index is 518. The van der Waals surface area contributed by atoms with E-state index < -0.39 is 10.0 Å². The summed E-state index contributed by atoms with van der Waals surface area (Å²) in [5.41, 5.74) is -0.154. The lowest BCUT2D eigenvalue weighted by atomic mass is 9.86. The van der Waals surface area contributed by atoms with E-state index in [1.807, 2.05) is 20.8 Å². The first-order valence-corrected chi connectivity index (χ1v) is 10.2. The van der Waals surface area contributed by atoms with Crippen molar-refractivity contribution in [1.82, 2.24) is 4.72 Å². The maximum atomic E-state index is 12.3. The summed E-state index contributed by atoms with van der Waals surface area (Å²) in [6, 6.07) is 1.32. The van der Waals surface area contributed by atoms with Gasteiger partial charge in [-0.3, -0.25) is 0 Å². The van der Waals surface area contributed by atoms with Crippen LogP contribution in [0.25, 0.3) is 0 Å². The number of halogens is 3. The van der Waals surface area contributed by atoms with E-state index >= 15 is 0 Å². The van der Waals surface area contributed by atoms with Crippen LogP contribution in [-0.2, 0) is 10.0 Å². The van der Waals surface area contributed by atoms with Crippen molar-refractivity contribution in [2.45, 2.75) is 37.4 Å². The van der Waals surface area contributed by atoms with Gasteiger partial charge in [-0.25, -0.2) is 13.1 Å². The molecule has 0 radical (unpaired) electrons. The fourth-order valence-corrected chi connectivity index (χ4v) is 5.83. The first-order chi connectivity index (χ1) is 8.58. The van der Waals surface area contributed by atoms with Gasteiger partial charge in [-0.15, -0.1) is 11.3 Å². The van der Waals surface area contributed by atoms with Gasteiger partial charge in [-0.2, -0.15) is 0 Å². The van der Waals surface area contributed by atoms with Gasteiger partial charge in [0.15, 0.2) is 0 Å². The van der Waals surface area contributed by atoms with Gasteiger partial charge in [-0.1, -0.05) is 48.3 Å². The normalized spacial score (nSPS) is 14.6. The zero-order chi connectivity index (χ0) is 14.8. The number of rotatable bonds is 5. The minimum atomic E-state index is -3.53. The van der Waals surface area contributed by atoms with Crippen molar-refractivity contribution in [3.63, 3.8) is 0 Å². The summed E-state index contributed by atoms with van der Waals surface area (Å²) in [6.45, 7) is 6.04. The van der Waals surface area contributed by atoms with Gasteiger partial charge < -0.3 is 0 Å². The topological polar surface area (TPSA) is 46.2 Å². The molecule has 0 spiro atoms. The van der Waals surface area contributed by atoms with Crippen molar-refractivity contribution < 1.29 is 8.42 Å². The van der Waals surface area contributed by atoms with Crippen molar-refractivity contribution in [2.24, 2.45) is 5.41 Å². The molecular weight excluding hydrogens is 438 g/mol. The number of hydrogen-bond acceptors (Lipinski definition) is 3. The Labute approximate surface area is 140 Å². The average molecular weight is 454 g/mol. The maximum absolute atomic E-state index is 12.3. The second-order valence-corrected chi connectivity index (χ2v) is 10.7. The zero-order valence-corrected chi connectivity index (χ0v) is 16.4. The summed E-state index contributed by atoms with van der Waals surface area (Å²) < 4.78 is 28.3. The molecule has 1 rings (SSSR count). The molecule has 1 unspecified atom stereocenters. The lowest BCUT2D eigenvalue weighted by Gasteiger charge is -2.30. The maximum Gasteiger partial charge on any atom is 0.250 e. The van der Waals surface area contributed by atoms with E-state index in [0.717, 1.165) is 23.1 Å². The average Bonchev–Trinajstić information content (AvgIpc) is 2.58. The monoisotopic (exact) mass is 451 g/mol. The molecule has 0 aliphatic rings. The largest absolute Gasteiger partial charge is 0.250 e. The molecule has 8 heteroatoms. The van der Waals surface area contributed by atoms with Crippen molar-refractivity contribution in [2.75, 3.05) is 5.33 Å². The first-order valence-electron chi connectivity index (χ1n) is 5.61. The van der Waals surface area contributed by atoms with E-state index in [9.17, 15) is 8.42 Å². The second kappa shape index (κ2) is 6.75. The highest BCUT2D eigenvalue weighted by Crippen LogP contribution is 2.35. The molecule has 0 amide bonds. The Morgan fingerprint density at radius 3 is 2.42 bits per heavy atom. The van der Waals surface area contributed by atoms with Crippen LogP contribution in [0.15, 0.2) is 14.1 Å². The van der Waals surface area contributed by atoms with Gasteiger partial charge in [0.25, 0.3) is 0 Å². The van der Waals surface area contributed by atoms with Crippen LogP contribution in [0.3, 0.4) is 0 Å². The summed E-state index contributed by atoms with van der Waals surface area (Å²) >= 11 is 13.6. The Morgan fingerprint density at radius 2 is 2.05 bits per heavy atom. The summed E-state index contributed by atoms with van der Waals surface area (Å²) in [7, 11) is -3.53. The van der Waals surface area contributed by atoms with Crippen LogP contribution in [0.2, 0.25) is 5.02 Å². The zero-order valence-electron chi connectivity index (χ0n) is 10.8. The Balaban J connectivity index is 3.00. The van der Waals surface area contributed by atoms with Gasteiger partial charge in [0, 0.05) is 11.4 Å². The van der Waals surface area contributed by atoms with Crippen molar-refractivity contribution in [3.8, 4) is 0 Å². The fourth-order valence-electron chi connectivity index (χ4n) is 1.48. The highest BCUT2D eigenvalue weighted by molar-refractivity contribution is 9.11. The van der Waals surface area contributed by atoms with Crippen LogP contribution in [0.1, 0.15) is 27.2 Å². The number of alkyl halides is 1. The molecule has 1 aromatic heterocycles. The molecular formula is C11H16Br2ClNO2S2. The second-order valence-electron chi connectivity index (χ2n) is 5.20. The van der Waals surface area contributed by atoms with Crippen molar-refractivity contribution in [1.29, 1.82) is 0 Å². The Morgan fingerprint density at radius 1 is 1.47 bits per heavy atom. The molecule has 0 aromatic carbocycles. The van der Waals surface area contributed by atoms with E-state index in [2.05, 4.69) is 36.6 Å². The van der Waals surface area contributed by atoms with Crippen molar-refractivity contribution in [3.05, 3.63) is 14.9 Å². The summed E-state index contributed by atoms with van der Waals surface area (Å²) in [5.74, 6) is 0.